The first kappa shape index (κ1) is 19.2. The van der Waals surface area contributed by atoms with E-state index in [2.05, 4.69) is 6.92 Å². The quantitative estimate of drug-likeness (QED) is 0.886. The molecule has 24 heavy (non-hydrogen) atoms. The van der Waals surface area contributed by atoms with Crippen molar-refractivity contribution in [1.29, 1.82) is 0 Å². The van der Waals surface area contributed by atoms with E-state index in [1.165, 1.54) is 11.3 Å². The predicted molar refractivity (Wildman–Crippen MR) is 98.6 cm³/mol. The number of halogens is 1. The Morgan fingerprint density at radius 2 is 2.12 bits per heavy atom. The highest BCUT2D eigenvalue weighted by atomic mass is 35.5. The number of carbonyl (C=O) groups excluding carboxylic acids is 2. The monoisotopic (exact) mass is 371 g/mol. The van der Waals surface area contributed by atoms with Gasteiger partial charge in [-0.1, -0.05) is 6.07 Å². The predicted octanol–water partition coefficient (Wildman–Crippen LogP) is 2.36. The molecule has 0 saturated carbocycles. The molecule has 2 amide bonds. The molecule has 7 heteroatoms. The lowest BCUT2D eigenvalue weighted by atomic mass is 10.00. The summed E-state index contributed by atoms with van der Waals surface area (Å²) in [5, 5.41) is 1.91. The fraction of sp³-hybridized carbons (Fsp3) is 0.647. The van der Waals surface area contributed by atoms with Crippen molar-refractivity contribution in [3.8, 4) is 0 Å². The molecule has 5 nitrogen and oxygen atoms in total. The van der Waals surface area contributed by atoms with E-state index in [1.54, 1.807) is 4.90 Å². The van der Waals surface area contributed by atoms with Crippen LogP contribution in [0.25, 0.3) is 0 Å². The Morgan fingerprint density at radius 1 is 1.33 bits per heavy atom. The van der Waals surface area contributed by atoms with E-state index < -0.39 is 0 Å². The van der Waals surface area contributed by atoms with Gasteiger partial charge in [-0.15, -0.1) is 23.7 Å². The smallest absolute Gasteiger partial charge is 0.264 e. The van der Waals surface area contributed by atoms with Gasteiger partial charge in [0.05, 0.1) is 4.88 Å². The van der Waals surface area contributed by atoms with E-state index in [0.29, 0.717) is 19.0 Å². The molecule has 0 bridgehead atoms. The molecule has 0 aliphatic carbocycles. The zero-order valence-corrected chi connectivity index (χ0v) is 15.7. The van der Waals surface area contributed by atoms with Crippen LogP contribution in [0.2, 0.25) is 0 Å². The first-order valence-corrected chi connectivity index (χ1v) is 9.34. The van der Waals surface area contributed by atoms with Crippen molar-refractivity contribution in [2.24, 2.45) is 11.7 Å². The summed E-state index contributed by atoms with van der Waals surface area (Å²) in [7, 11) is 0. The molecule has 3 unspecified atom stereocenters. The van der Waals surface area contributed by atoms with Crippen molar-refractivity contribution < 1.29 is 9.59 Å². The van der Waals surface area contributed by atoms with Gasteiger partial charge in [0.2, 0.25) is 5.91 Å². The highest BCUT2D eigenvalue weighted by Gasteiger charge is 2.40. The summed E-state index contributed by atoms with van der Waals surface area (Å²) in [6.45, 7) is 4.11. The molecule has 3 atom stereocenters. The molecule has 2 N–H and O–H groups in total. The third-order valence-corrected chi connectivity index (χ3v) is 5.92. The van der Waals surface area contributed by atoms with Crippen LogP contribution in [0.1, 0.15) is 42.3 Å². The first-order valence-electron chi connectivity index (χ1n) is 8.46. The summed E-state index contributed by atoms with van der Waals surface area (Å²) in [4.78, 5) is 30.2. The van der Waals surface area contributed by atoms with Crippen LogP contribution in [0.15, 0.2) is 17.5 Å². The van der Waals surface area contributed by atoms with Crippen molar-refractivity contribution >= 4 is 35.6 Å². The van der Waals surface area contributed by atoms with Gasteiger partial charge in [-0.25, -0.2) is 0 Å². The average molecular weight is 372 g/mol. The van der Waals surface area contributed by atoms with Gasteiger partial charge in [-0.05, 0) is 56.5 Å². The summed E-state index contributed by atoms with van der Waals surface area (Å²) in [6, 6.07) is 3.63. The topological polar surface area (TPSA) is 66.6 Å². The molecule has 0 radical (unpaired) electrons. The van der Waals surface area contributed by atoms with Crippen LogP contribution >= 0.6 is 23.7 Å². The number of nitrogens with zero attached hydrogens (tertiary/aromatic N) is 2. The number of thiophene rings is 1. The zero-order valence-electron chi connectivity index (χ0n) is 14.0. The van der Waals surface area contributed by atoms with E-state index in [1.807, 2.05) is 22.4 Å². The number of hydrogen-bond acceptors (Lipinski definition) is 4. The second kappa shape index (κ2) is 8.32. The van der Waals surface area contributed by atoms with Gasteiger partial charge in [0.25, 0.3) is 5.91 Å². The van der Waals surface area contributed by atoms with Gasteiger partial charge in [0.15, 0.2) is 0 Å². The Balaban J connectivity index is 0.00000208. The molecule has 134 valence electrons. The maximum atomic E-state index is 13.1. The van der Waals surface area contributed by atoms with E-state index in [9.17, 15) is 9.59 Å². The van der Waals surface area contributed by atoms with Crippen LogP contribution in [0.5, 0.6) is 0 Å². The Bertz CT molecular complexity index is 566. The Labute approximate surface area is 153 Å². The lowest BCUT2D eigenvalue weighted by molar-refractivity contribution is -0.137. The number of rotatable bonds is 3. The Hall–Kier alpha value is -1.11. The lowest BCUT2D eigenvalue weighted by Gasteiger charge is -2.37. The van der Waals surface area contributed by atoms with E-state index in [0.717, 1.165) is 37.1 Å². The van der Waals surface area contributed by atoms with Gasteiger partial charge >= 0.3 is 0 Å². The number of amides is 2. The van der Waals surface area contributed by atoms with Gasteiger partial charge in [0, 0.05) is 19.1 Å². The molecule has 0 aromatic carbocycles. The van der Waals surface area contributed by atoms with Crippen LogP contribution in [0.4, 0.5) is 0 Å². The summed E-state index contributed by atoms with van der Waals surface area (Å²) in [5.74, 6) is 0.498. The lowest BCUT2D eigenvalue weighted by Crippen LogP contribution is -2.53. The highest BCUT2D eigenvalue weighted by molar-refractivity contribution is 7.12. The molecular weight excluding hydrogens is 346 g/mol. The standard InChI is InChI=1S/C17H25N3O2S.ClH/c1-12-9-13(10-18)11-20(12)16(21)14-5-2-3-7-19(14)17(22)15-6-4-8-23-15;/h4,6,8,12-14H,2-3,5,7,9-11,18H2,1H3;1H. The van der Waals surface area contributed by atoms with Crippen molar-refractivity contribution in [2.75, 3.05) is 19.6 Å². The molecule has 3 rings (SSSR count). The maximum absolute atomic E-state index is 13.1. The van der Waals surface area contributed by atoms with Crippen molar-refractivity contribution in [1.82, 2.24) is 9.80 Å². The van der Waals surface area contributed by atoms with Crippen molar-refractivity contribution in [3.05, 3.63) is 22.4 Å². The van der Waals surface area contributed by atoms with Crippen LogP contribution in [0, 0.1) is 5.92 Å². The third kappa shape index (κ3) is 3.76. The Morgan fingerprint density at radius 3 is 2.75 bits per heavy atom. The molecule has 1 aromatic rings. The molecule has 2 saturated heterocycles. The number of hydrogen-bond donors (Lipinski definition) is 1. The van der Waals surface area contributed by atoms with Gasteiger partial charge < -0.3 is 15.5 Å². The average Bonchev–Trinajstić information content (AvgIpc) is 3.23. The first-order chi connectivity index (χ1) is 11.1. The SMILES string of the molecule is CC1CC(CN)CN1C(=O)C1CCCCN1C(=O)c1cccs1.Cl. The number of nitrogens with two attached hydrogens (primary N) is 1. The summed E-state index contributed by atoms with van der Waals surface area (Å²) in [5.41, 5.74) is 5.78. The number of piperidine rings is 1. The molecular formula is C17H26ClN3O2S. The van der Waals surface area contributed by atoms with Crippen molar-refractivity contribution in [2.45, 2.75) is 44.7 Å². The normalized spacial score (nSPS) is 27.0. The third-order valence-electron chi connectivity index (χ3n) is 5.06. The Kier molecular flexibility index (Phi) is 6.66. The van der Waals surface area contributed by atoms with Crippen LogP contribution in [0.3, 0.4) is 0 Å². The van der Waals surface area contributed by atoms with Crippen molar-refractivity contribution in [3.63, 3.8) is 0 Å². The fourth-order valence-electron chi connectivity index (χ4n) is 3.78. The van der Waals surface area contributed by atoms with Crippen LogP contribution in [-0.4, -0.2) is 53.3 Å². The summed E-state index contributed by atoms with van der Waals surface area (Å²) in [6.07, 6.45) is 3.72. The minimum atomic E-state index is -0.308. The second-order valence-corrected chi connectivity index (χ2v) is 7.61. The van der Waals surface area contributed by atoms with Crippen LogP contribution in [-0.2, 0) is 4.79 Å². The maximum Gasteiger partial charge on any atom is 0.264 e. The number of likely N-dealkylation sites (tertiary alicyclic amines) is 2. The molecule has 1 aromatic heterocycles. The van der Waals surface area contributed by atoms with Gasteiger partial charge in [-0.2, -0.15) is 0 Å². The molecule has 2 aliphatic rings. The van der Waals surface area contributed by atoms with Gasteiger partial charge in [-0.3, -0.25) is 9.59 Å². The fourth-order valence-corrected chi connectivity index (χ4v) is 4.46. The largest absolute Gasteiger partial charge is 0.338 e. The van der Waals surface area contributed by atoms with E-state index in [4.69, 9.17) is 5.73 Å². The molecule has 3 heterocycles. The molecule has 2 fully saturated rings. The van der Waals surface area contributed by atoms with E-state index in [-0.39, 0.29) is 36.3 Å². The second-order valence-electron chi connectivity index (χ2n) is 6.66. The van der Waals surface area contributed by atoms with Gasteiger partial charge in [0.1, 0.15) is 6.04 Å². The molecule has 0 spiro atoms. The van der Waals surface area contributed by atoms with Crippen LogP contribution < -0.4 is 5.73 Å². The molecule has 2 aliphatic heterocycles. The minimum absolute atomic E-state index is 0. The highest BCUT2D eigenvalue weighted by Crippen LogP contribution is 2.28. The summed E-state index contributed by atoms with van der Waals surface area (Å²) < 4.78 is 0. The van der Waals surface area contributed by atoms with E-state index >= 15 is 0 Å². The minimum Gasteiger partial charge on any atom is -0.338 e. The summed E-state index contributed by atoms with van der Waals surface area (Å²) >= 11 is 1.44. The zero-order chi connectivity index (χ0) is 16.4. The number of carbonyl (C=O) groups is 2.